The topological polar surface area (TPSA) is 66.4 Å². The van der Waals surface area contributed by atoms with Gasteiger partial charge in [0.2, 0.25) is 0 Å². The first-order chi connectivity index (χ1) is 8.65. The van der Waals surface area contributed by atoms with Crippen LogP contribution >= 0.6 is 0 Å². The van der Waals surface area contributed by atoms with Crippen molar-refractivity contribution in [1.82, 2.24) is 0 Å². The average Bonchev–Trinajstić information content (AvgIpc) is 2.38. The zero-order chi connectivity index (χ0) is 13.4. The lowest BCUT2D eigenvalue weighted by atomic mass is 10.1. The summed E-state index contributed by atoms with van der Waals surface area (Å²) in [5.41, 5.74) is 0.930. The van der Waals surface area contributed by atoms with Crippen molar-refractivity contribution >= 4 is 30.0 Å². The average molecular weight is 306 g/mol. The lowest BCUT2D eigenvalue weighted by molar-refractivity contribution is -0.264. The van der Waals surface area contributed by atoms with Gasteiger partial charge in [-0.15, -0.1) is 0 Å². The summed E-state index contributed by atoms with van der Waals surface area (Å²) in [5, 5.41) is 0. The summed E-state index contributed by atoms with van der Waals surface area (Å²) < 4.78 is 24.1. The molecule has 1 aromatic carbocycles. The third kappa shape index (κ3) is 4.72. The highest BCUT2D eigenvalue weighted by atomic mass is 28.4. The van der Waals surface area contributed by atoms with Gasteiger partial charge in [0.1, 0.15) is 0 Å². The van der Waals surface area contributed by atoms with Crippen molar-refractivity contribution in [2.24, 2.45) is 0 Å². The first-order valence-corrected chi connectivity index (χ1v) is 8.84. The minimum Gasteiger partial charge on any atom is -0.365 e. The molecule has 0 saturated heterocycles. The van der Waals surface area contributed by atoms with Crippen LogP contribution in [0.2, 0.25) is 0 Å². The largest absolute Gasteiger partial charge is 0.731 e. The van der Waals surface area contributed by atoms with Gasteiger partial charge in [0, 0.05) is 0 Å². The molecule has 0 amide bonds. The Morgan fingerprint density at radius 3 is 2.17 bits per heavy atom. The second-order valence-corrected chi connectivity index (χ2v) is 5.73. The van der Waals surface area contributed by atoms with Crippen molar-refractivity contribution in [3.05, 3.63) is 35.9 Å². The van der Waals surface area contributed by atoms with Gasteiger partial charge in [-0.2, -0.15) is 0 Å². The van der Waals surface area contributed by atoms with Crippen molar-refractivity contribution in [3.8, 4) is 0 Å². The molecule has 0 heterocycles. The summed E-state index contributed by atoms with van der Waals surface area (Å²) in [7, 11) is -3.30. The molecule has 1 rings (SSSR count). The Morgan fingerprint density at radius 1 is 1.17 bits per heavy atom. The van der Waals surface area contributed by atoms with Gasteiger partial charge in [0.25, 0.3) is 0 Å². The van der Waals surface area contributed by atoms with Crippen LogP contribution < -0.4 is 0 Å². The summed E-state index contributed by atoms with van der Waals surface area (Å²) in [6.45, 7) is 1.94. The summed E-state index contributed by atoms with van der Waals surface area (Å²) in [4.78, 5) is 10.0. The Kier molecular flexibility index (Phi) is 6.91. The lowest BCUT2D eigenvalue weighted by Gasteiger charge is -2.25. The van der Waals surface area contributed by atoms with Crippen molar-refractivity contribution in [2.75, 3.05) is 0 Å². The second-order valence-electron chi connectivity index (χ2n) is 3.45. The molecule has 1 N–H and O–H groups in total. The molecule has 0 saturated carbocycles. The maximum atomic E-state index is 10.0. The number of rotatable bonds is 8. The summed E-state index contributed by atoms with van der Waals surface area (Å²) in [6, 6.07) is 9.53. The summed E-state index contributed by atoms with van der Waals surface area (Å²) in [6.07, 6.45) is 0.324. The fourth-order valence-corrected chi connectivity index (χ4v) is 3.95. The van der Waals surface area contributed by atoms with Crippen LogP contribution in [0.25, 0.3) is 0 Å². The van der Waals surface area contributed by atoms with E-state index in [1.807, 2.05) is 37.3 Å². The van der Waals surface area contributed by atoms with E-state index in [4.69, 9.17) is 13.6 Å². The van der Waals surface area contributed by atoms with E-state index in [2.05, 4.69) is 9.15 Å². The van der Waals surface area contributed by atoms with Crippen LogP contribution in [0.15, 0.2) is 30.3 Å². The maximum Gasteiger partial charge on any atom is 0.731 e. The smallest absolute Gasteiger partial charge is 0.365 e. The Bertz CT molecular complexity index is 332. The Morgan fingerprint density at radius 2 is 1.72 bits per heavy atom. The molecule has 9 heteroatoms. The molecule has 0 aliphatic carbocycles. The van der Waals surface area contributed by atoms with Gasteiger partial charge in [-0.05, 0) is 12.0 Å². The quantitative estimate of drug-likeness (QED) is 0.379. The van der Waals surface area contributed by atoms with Crippen LogP contribution in [0.3, 0.4) is 0 Å². The van der Waals surface area contributed by atoms with Crippen LogP contribution in [-0.2, 0) is 22.7 Å². The molecule has 6 nitrogen and oxygen atoms in total. The van der Waals surface area contributed by atoms with E-state index in [0.29, 0.717) is 27.4 Å². The third-order valence-electron chi connectivity index (χ3n) is 2.21. The number of benzene rings is 1. The van der Waals surface area contributed by atoms with E-state index in [0.717, 1.165) is 5.56 Å². The molecule has 0 bridgehead atoms. The van der Waals surface area contributed by atoms with Crippen LogP contribution in [0.4, 0.5) is 0 Å². The molecule has 0 aromatic heterocycles. The zero-order valence-electron chi connectivity index (χ0n) is 10.7. The van der Waals surface area contributed by atoms with Gasteiger partial charge in [-0.1, -0.05) is 37.3 Å². The highest BCUT2D eigenvalue weighted by molar-refractivity contribution is 6.51. The van der Waals surface area contributed by atoms with E-state index >= 15 is 0 Å². The predicted octanol–water partition coefficient (Wildman–Crippen LogP) is -0.961. The van der Waals surface area contributed by atoms with Gasteiger partial charge in [-0.25, -0.2) is 9.15 Å². The summed E-state index contributed by atoms with van der Waals surface area (Å²) >= 11 is 0. The molecule has 1 atom stereocenters. The standard InChI is InChI=1S/C9H18O6Si3/c1-2-9(8-6-4-3-5-7-8)11-18(10,14-12-16)15-13-17/h3-7,9-10H,2H2,1,16-17H3. The number of hydrogen-bond donors (Lipinski definition) is 1. The molecule has 0 aliphatic rings. The van der Waals surface area contributed by atoms with Gasteiger partial charge >= 0.3 is 9.05 Å². The SMILES string of the molecule is CCC(O[Si](O)(OO[SiH3])OO[SiH3])c1ccccc1. The molecular formula is C9H18O6Si3. The fourth-order valence-electron chi connectivity index (χ4n) is 1.50. The Labute approximate surface area is 113 Å². The first-order valence-electron chi connectivity index (χ1n) is 5.54. The van der Waals surface area contributed by atoms with Gasteiger partial charge < -0.3 is 18.4 Å². The highest BCUT2D eigenvalue weighted by Gasteiger charge is 2.47. The minimum absolute atomic E-state index is 0.297. The molecule has 1 aromatic rings. The second kappa shape index (κ2) is 7.93. The fraction of sp³-hybridized carbons (Fsp3) is 0.333. The molecule has 1 unspecified atom stereocenters. The molecule has 0 aliphatic heterocycles. The van der Waals surface area contributed by atoms with Crippen LogP contribution in [0, 0.1) is 0 Å². The van der Waals surface area contributed by atoms with Gasteiger partial charge in [0.05, 0.1) is 6.10 Å². The van der Waals surface area contributed by atoms with E-state index in [-0.39, 0.29) is 6.10 Å². The molecule has 102 valence electrons. The predicted molar refractivity (Wildman–Crippen MR) is 72.7 cm³/mol. The van der Waals surface area contributed by atoms with Crippen LogP contribution in [0.5, 0.6) is 0 Å². The first kappa shape index (κ1) is 15.7. The third-order valence-corrected chi connectivity index (χ3v) is 4.55. The van der Waals surface area contributed by atoms with Crippen molar-refractivity contribution in [3.63, 3.8) is 0 Å². The van der Waals surface area contributed by atoms with Crippen molar-refractivity contribution in [1.29, 1.82) is 0 Å². The number of hydrogen-bond acceptors (Lipinski definition) is 6. The van der Waals surface area contributed by atoms with Gasteiger partial charge in [-0.3, -0.25) is 0 Å². The molecule has 18 heavy (non-hydrogen) atoms. The lowest BCUT2D eigenvalue weighted by Crippen LogP contribution is -2.46. The van der Waals surface area contributed by atoms with E-state index in [1.54, 1.807) is 0 Å². The monoisotopic (exact) mass is 306 g/mol. The molecule has 0 fully saturated rings. The zero-order valence-corrected chi connectivity index (χ0v) is 15.7. The van der Waals surface area contributed by atoms with E-state index < -0.39 is 9.05 Å². The van der Waals surface area contributed by atoms with Crippen LogP contribution in [0.1, 0.15) is 25.0 Å². The molecular weight excluding hydrogens is 288 g/mol. The summed E-state index contributed by atoms with van der Waals surface area (Å²) in [5.74, 6) is 0. The van der Waals surface area contributed by atoms with Gasteiger partial charge in [0.15, 0.2) is 21.0 Å². The highest BCUT2D eigenvalue weighted by Crippen LogP contribution is 2.25. The minimum atomic E-state index is -3.89. The normalized spacial score (nSPS) is 16.6. The Hall–Kier alpha value is -0.369. The van der Waals surface area contributed by atoms with E-state index in [9.17, 15) is 4.80 Å². The molecule has 0 spiro atoms. The van der Waals surface area contributed by atoms with Crippen molar-refractivity contribution < 1.29 is 27.5 Å². The Balaban J connectivity index is 2.77. The van der Waals surface area contributed by atoms with Crippen molar-refractivity contribution in [2.45, 2.75) is 19.4 Å². The maximum absolute atomic E-state index is 10.0. The van der Waals surface area contributed by atoms with Crippen LogP contribution in [-0.4, -0.2) is 34.8 Å². The molecule has 0 radical (unpaired) electrons. The van der Waals surface area contributed by atoms with E-state index in [1.165, 1.54) is 0 Å².